The molecule has 1 aromatic rings. The Hall–Kier alpha value is -1.20. The molecule has 1 aliphatic rings. The van der Waals surface area contributed by atoms with Crippen LogP contribution in [0.4, 0.5) is 0 Å². The summed E-state index contributed by atoms with van der Waals surface area (Å²) in [6, 6.07) is 5.88. The molecule has 0 atom stereocenters. The van der Waals surface area contributed by atoms with Crippen molar-refractivity contribution in [2.45, 2.75) is 25.2 Å². The van der Waals surface area contributed by atoms with E-state index >= 15 is 0 Å². The lowest BCUT2D eigenvalue weighted by molar-refractivity contribution is 0.0300. The largest absolute Gasteiger partial charge is 0.493 e. The number of benzene rings is 1. The van der Waals surface area contributed by atoms with Gasteiger partial charge in [0.05, 0.1) is 25.4 Å². The average molecular weight is 309 g/mol. The fraction of sp³-hybridized carbons (Fsp3) is 0.562. The Kier molecular flexibility index (Phi) is 6.39. The fourth-order valence-electron chi connectivity index (χ4n) is 2.20. The second-order valence-electron chi connectivity index (χ2n) is 4.84. The van der Waals surface area contributed by atoms with Crippen molar-refractivity contribution < 1.29 is 14.3 Å². The quantitative estimate of drug-likeness (QED) is 0.757. The molecular formula is C16H23NO3S. The fourth-order valence-corrected chi connectivity index (χ4v) is 3.00. The van der Waals surface area contributed by atoms with Gasteiger partial charge < -0.3 is 14.4 Å². The topological polar surface area (TPSA) is 38.8 Å². The highest BCUT2D eigenvalue weighted by atomic mass is 32.2. The predicted octanol–water partition coefficient (Wildman–Crippen LogP) is 3.06. The lowest BCUT2D eigenvalue weighted by atomic mass is 10.1. The van der Waals surface area contributed by atoms with E-state index in [1.165, 1.54) is 0 Å². The average Bonchev–Trinajstić information content (AvgIpc) is 2.53. The van der Waals surface area contributed by atoms with Crippen LogP contribution < -0.4 is 4.74 Å². The maximum absolute atomic E-state index is 12.6. The number of rotatable bonds is 6. The number of carbonyl (C=O) groups is 1. The molecule has 5 heteroatoms. The van der Waals surface area contributed by atoms with Gasteiger partial charge in [-0.25, -0.2) is 0 Å². The molecule has 0 saturated carbocycles. The molecule has 0 radical (unpaired) electrons. The minimum absolute atomic E-state index is 0.0359. The number of ether oxygens (including phenoxy) is 2. The highest BCUT2D eigenvalue weighted by molar-refractivity contribution is 7.99. The van der Waals surface area contributed by atoms with Crippen LogP contribution in [-0.2, 0) is 4.74 Å². The molecule has 1 fully saturated rings. The second kappa shape index (κ2) is 8.29. The van der Waals surface area contributed by atoms with Crippen molar-refractivity contribution in [1.29, 1.82) is 0 Å². The van der Waals surface area contributed by atoms with E-state index in [4.69, 9.17) is 9.47 Å². The van der Waals surface area contributed by atoms with Crippen LogP contribution >= 0.6 is 11.8 Å². The van der Waals surface area contributed by atoms with E-state index in [1.54, 1.807) is 11.8 Å². The minimum atomic E-state index is 0.0359. The maximum atomic E-state index is 12.6. The maximum Gasteiger partial charge on any atom is 0.257 e. The van der Waals surface area contributed by atoms with Crippen molar-refractivity contribution in [3.05, 3.63) is 23.8 Å². The zero-order chi connectivity index (χ0) is 15.1. The number of amides is 1. The number of nitrogens with zero attached hydrogens (tertiary/aromatic N) is 1. The van der Waals surface area contributed by atoms with Gasteiger partial charge in [-0.2, -0.15) is 0 Å². The van der Waals surface area contributed by atoms with Gasteiger partial charge in [0.2, 0.25) is 0 Å². The summed E-state index contributed by atoms with van der Waals surface area (Å²) in [7, 11) is 0. The number of hydrogen-bond acceptors (Lipinski definition) is 4. The molecule has 1 saturated heterocycles. The molecule has 1 heterocycles. The first-order chi connectivity index (χ1) is 10.3. The summed E-state index contributed by atoms with van der Waals surface area (Å²) in [5.41, 5.74) is 0.652. The van der Waals surface area contributed by atoms with E-state index in [9.17, 15) is 4.79 Å². The van der Waals surface area contributed by atoms with Gasteiger partial charge in [0, 0.05) is 18.0 Å². The van der Waals surface area contributed by atoms with E-state index in [0.29, 0.717) is 44.2 Å². The van der Waals surface area contributed by atoms with Crippen LogP contribution in [0.1, 0.15) is 30.6 Å². The van der Waals surface area contributed by atoms with E-state index in [2.05, 4.69) is 6.92 Å². The number of hydrogen-bond donors (Lipinski definition) is 0. The summed E-state index contributed by atoms with van der Waals surface area (Å²) in [5.74, 6) is 1.80. The Labute approximate surface area is 130 Å². The summed E-state index contributed by atoms with van der Waals surface area (Å²) < 4.78 is 11.0. The van der Waals surface area contributed by atoms with Crippen molar-refractivity contribution in [2.24, 2.45) is 0 Å². The summed E-state index contributed by atoms with van der Waals surface area (Å²) in [5, 5.41) is 0. The third-order valence-electron chi connectivity index (χ3n) is 3.25. The van der Waals surface area contributed by atoms with E-state index < -0.39 is 0 Å². The zero-order valence-corrected chi connectivity index (χ0v) is 13.6. The standard InChI is InChI=1S/C16H23NO3S/c1-3-11-21-13-5-6-14(15(12-13)20-4-2)16(18)17-7-9-19-10-8-17/h5-6,12H,3-4,7-11H2,1-2H3. The van der Waals surface area contributed by atoms with Crippen molar-refractivity contribution >= 4 is 17.7 Å². The van der Waals surface area contributed by atoms with Crippen LogP contribution in [0.2, 0.25) is 0 Å². The van der Waals surface area contributed by atoms with Crippen LogP contribution in [0.5, 0.6) is 5.75 Å². The first kappa shape index (κ1) is 16.2. The SMILES string of the molecule is CCCSc1ccc(C(=O)N2CCOCC2)c(OCC)c1. The van der Waals surface area contributed by atoms with Gasteiger partial charge in [-0.15, -0.1) is 11.8 Å². The van der Waals surface area contributed by atoms with Crippen molar-refractivity contribution in [1.82, 2.24) is 4.90 Å². The first-order valence-electron chi connectivity index (χ1n) is 7.53. The monoisotopic (exact) mass is 309 g/mol. The minimum Gasteiger partial charge on any atom is -0.493 e. The number of morpholine rings is 1. The molecule has 21 heavy (non-hydrogen) atoms. The van der Waals surface area contributed by atoms with Crippen molar-refractivity contribution in [3.63, 3.8) is 0 Å². The Bertz CT molecular complexity index is 473. The second-order valence-corrected chi connectivity index (χ2v) is 6.01. The molecule has 1 amide bonds. The molecule has 0 aliphatic carbocycles. The summed E-state index contributed by atoms with van der Waals surface area (Å²) in [6.07, 6.45) is 1.13. The van der Waals surface area contributed by atoms with E-state index in [0.717, 1.165) is 17.1 Å². The van der Waals surface area contributed by atoms with Gasteiger partial charge in [0.1, 0.15) is 5.75 Å². The molecule has 2 rings (SSSR count). The van der Waals surface area contributed by atoms with Crippen LogP contribution in [0.3, 0.4) is 0 Å². The number of thioether (sulfide) groups is 1. The van der Waals surface area contributed by atoms with Crippen molar-refractivity contribution in [3.8, 4) is 5.75 Å². The molecule has 0 spiro atoms. The predicted molar refractivity (Wildman–Crippen MR) is 85.3 cm³/mol. The first-order valence-corrected chi connectivity index (χ1v) is 8.51. The van der Waals surface area contributed by atoms with Gasteiger partial charge in [0.15, 0.2) is 0 Å². The van der Waals surface area contributed by atoms with Crippen LogP contribution in [0.15, 0.2) is 23.1 Å². The molecule has 0 aromatic heterocycles. The molecule has 1 aromatic carbocycles. The molecule has 0 N–H and O–H groups in total. The number of carbonyl (C=O) groups excluding carboxylic acids is 1. The van der Waals surface area contributed by atoms with E-state index in [-0.39, 0.29) is 5.91 Å². The summed E-state index contributed by atoms with van der Waals surface area (Å²) in [6.45, 7) is 7.18. The molecule has 116 valence electrons. The third kappa shape index (κ3) is 4.38. The van der Waals surface area contributed by atoms with Crippen molar-refractivity contribution in [2.75, 3.05) is 38.7 Å². The summed E-state index contributed by atoms with van der Waals surface area (Å²) >= 11 is 1.79. The summed E-state index contributed by atoms with van der Waals surface area (Å²) in [4.78, 5) is 15.6. The van der Waals surface area contributed by atoms with Gasteiger partial charge in [0.25, 0.3) is 5.91 Å². The highest BCUT2D eigenvalue weighted by Gasteiger charge is 2.22. The molecule has 0 unspecified atom stereocenters. The van der Waals surface area contributed by atoms with Gasteiger partial charge in [-0.05, 0) is 37.3 Å². The lowest BCUT2D eigenvalue weighted by Crippen LogP contribution is -2.40. The highest BCUT2D eigenvalue weighted by Crippen LogP contribution is 2.28. The normalized spacial score (nSPS) is 15.0. The van der Waals surface area contributed by atoms with E-state index in [1.807, 2.05) is 30.0 Å². The molecule has 1 aliphatic heterocycles. The van der Waals surface area contributed by atoms with Crippen LogP contribution in [0.25, 0.3) is 0 Å². The smallest absolute Gasteiger partial charge is 0.257 e. The Morgan fingerprint density at radius 2 is 2.10 bits per heavy atom. The molecular weight excluding hydrogens is 286 g/mol. The van der Waals surface area contributed by atoms with Crippen LogP contribution in [-0.4, -0.2) is 49.5 Å². The Morgan fingerprint density at radius 3 is 2.76 bits per heavy atom. The Morgan fingerprint density at radius 1 is 1.33 bits per heavy atom. The third-order valence-corrected chi connectivity index (χ3v) is 4.45. The lowest BCUT2D eigenvalue weighted by Gasteiger charge is -2.27. The van der Waals surface area contributed by atoms with Crippen LogP contribution in [0, 0.1) is 0 Å². The van der Waals surface area contributed by atoms with Gasteiger partial charge in [-0.1, -0.05) is 6.92 Å². The van der Waals surface area contributed by atoms with Gasteiger partial charge >= 0.3 is 0 Å². The van der Waals surface area contributed by atoms with Gasteiger partial charge in [-0.3, -0.25) is 4.79 Å². The molecule has 0 bridgehead atoms. The Balaban J connectivity index is 2.18. The molecule has 4 nitrogen and oxygen atoms in total. The zero-order valence-electron chi connectivity index (χ0n) is 12.8.